The fourth-order valence-corrected chi connectivity index (χ4v) is 2.86. The molecule has 0 atom stereocenters. The molecule has 1 aliphatic heterocycles. The van der Waals surface area contributed by atoms with Crippen LogP contribution in [0.25, 0.3) is 0 Å². The summed E-state index contributed by atoms with van der Waals surface area (Å²) in [6.07, 6.45) is 4.39. The maximum Gasteiger partial charge on any atom is 0.246 e. The minimum atomic E-state index is -0.717. The lowest BCUT2D eigenvalue weighted by Crippen LogP contribution is -2.32. The van der Waals surface area contributed by atoms with Gasteiger partial charge in [0.2, 0.25) is 11.9 Å². The first-order valence-electron chi connectivity index (χ1n) is 6.27. The van der Waals surface area contributed by atoms with Crippen molar-refractivity contribution < 1.29 is 14.3 Å². The molecule has 1 aliphatic carbocycles. The number of nitrogens with zero attached hydrogens (tertiary/aromatic N) is 1. The number of hydrogen-bond acceptors (Lipinski definition) is 4. The highest BCUT2D eigenvalue weighted by atomic mass is 35.5. The van der Waals surface area contributed by atoms with Crippen molar-refractivity contribution in [3.05, 3.63) is 22.7 Å². The highest BCUT2D eigenvalue weighted by Crippen LogP contribution is 2.51. The molecule has 4 nitrogen and oxygen atoms in total. The molecule has 0 aromatic heterocycles. The van der Waals surface area contributed by atoms with Gasteiger partial charge < -0.3 is 9.47 Å². The number of hydrogen-bond donors (Lipinski definition) is 0. The standard InChI is InChI=1S/C14H14ClNO3/c1-13(2)18-11-7-9(6-10(15)12(11)19-13)14(16-8-17)4-3-5-14/h6-7H,3-5H2,1-2H3. The van der Waals surface area contributed by atoms with E-state index in [9.17, 15) is 4.79 Å². The third-order valence-electron chi connectivity index (χ3n) is 3.69. The summed E-state index contributed by atoms with van der Waals surface area (Å²) in [7, 11) is 0. The number of carbonyl (C=O) groups excluding carboxylic acids is 1. The van der Waals surface area contributed by atoms with E-state index in [1.807, 2.05) is 26.0 Å². The molecule has 19 heavy (non-hydrogen) atoms. The van der Waals surface area contributed by atoms with Crippen LogP contribution >= 0.6 is 11.6 Å². The Kier molecular flexibility index (Phi) is 2.63. The Morgan fingerprint density at radius 1 is 1.32 bits per heavy atom. The molecule has 3 rings (SSSR count). The summed E-state index contributed by atoms with van der Waals surface area (Å²) in [5.41, 5.74) is 0.420. The number of ether oxygens (including phenoxy) is 2. The maximum atomic E-state index is 10.6. The van der Waals surface area contributed by atoms with Gasteiger partial charge in [-0.1, -0.05) is 11.6 Å². The molecule has 1 saturated carbocycles. The van der Waals surface area contributed by atoms with Crippen molar-refractivity contribution in [1.29, 1.82) is 0 Å². The van der Waals surface area contributed by atoms with Gasteiger partial charge in [-0.15, -0.1) is 0 Å². The fraction of sp³-hybridized carbons (Fsp3) is 0.500. The van der Waals surface area contributed by atoms with Crippen LogP contribution in [-0.4, -0.2) is 11.9 Å². The zero-order valence-electron chi connectivity index (χ0n) is 10.8. The number of fused-ring (bicyclic) bond motifs is 1. The van der Waals surface area contributed by atoms with Crippen molar-refractivity contribution in [1.82, 2.24) is 0 Å². The Hall–Kier alpha value is -1.51. The van der Waals surface area contributed by atoms with Gasteiger partial charge in [-0.3, -0.25) is 0 Å². The average Bonchev–Trinajstić information content (AvgIpc) is 2.58. The van der Waals surface area contributed by atoms with Gasteiger partial charge in [-0.2, -0.15) is 4.99 Å². The monoisotopic (exact) mass is 279 g/mol. The molecule has 1 fully saturated rings. The second-order valence-corrected chi connectivity index (χ2v) is 5.88. The van der Waals surface area contributed by atoms with Crippen LogP contribution in [0.15, 0.2) is 17.1 Å². The summed E-state index contributed by atoms with van der Waals surface area (Å²) >= 11 is 6.24. The second-order valence-electron chi connectivity index (χ2n) is 5.48. The maximum absolute atomic E-state index is 10.6. The lowest BCUT2D eigenvalue weighted by atomic mass is 9.72. The van der Waals surface area contributed by atoms with Crippen molar-refractivity contribution in [2.24, 2.45) is 4.99 Å². The molecule has 0 bridgehead atoms. The Morgan fingerprint density at radius 3 is 2.63 bits per heavy atom. The number of halogens is 1. The molecule has 1 aromatic carbocycles. The molecule has 0 unspecified atom stereocenters. The van der Waals surface area contributed by atoms with Gasteiger partial charge in [0.25, 0.3) is 0 Å². The van der Waals surface area contributed by atoms with E-state index in [2.05, 4.69) is 4.99 Å². The van der Waals surface area contributed by atoms with Gasteiger partial charge in [0.15, 0.2) is 11.5 Å². The summed E-state index contributed by atoms with van der Waals surface area (Å²) in [4.78, 5) is 14.6. The van der Waals surface area contributed by atoms with E-state index in [-0.39, 0.29) is 0 Å². The van der Waals surface area contributed by atoms with Crippen molar-refractivity contribution in [3.8, 4) is 11.5 Å². The summed E-state index contributed by atoms with van der Waals surface area (Å²) in [6, 6.07) is 3.68. The molecule has 0 N–H and O–H groups in total. The molecule has 100 valence electrons. The molecule has 0 saturated heterocycles. The Bertz CT molecular complexity index is 587. The molecule has 0 spiro atoms. The van der Waals surface area contributed by atoms with Gasteiger partial charge in [-0.25, -0.2) is 4.79 Å². The zero-order chi connectivity index (χ0) is 13.7. The van der Waals surface area contributed by atoms with Gasteiger partial charge in [0.1, 0.15) is 0 Å². The number of isocyanates is 1. The summed E-state index contributed by atoms with van der Waals surface area (Å²) in [5, 5.41) is 0.491. The normalized spacial score (nSPS) is 21.4. The van der Waals surface area contributed by atoms with E-state index in [0.29, 0.717) is 16.5 Å². The predicted octanol–water partition coefficient (Wildman–Crippen LogP) is 3.56. The van der Waals surface area contributed by atoms with E-state index < -0.39 is 11.3 Å². The largest absolute Gasteiger partial charge is 0.449 e. The average molecular weight is 280 g/mol. The molecular formula is C14H14ClNO3. The van der Waals surface area contributed by atoms with Crippen LogP contribution in [0.1, 0.15) is 38.7 Å². The Labute approximate surface area is 116 Å². The SMILES string of the molecule is CC1(C)Oc2cc(C3(N=C=O)CCC3)cc(Cl)c2O1. The lowest BCUT2D eigenvalue weighted by Gasteiger charge is -2.37. The lowest BCUT2D eigenvalue weighted by molar-refractivity contribution is -0.0431. The Morgan fingerprint density at radius 2 is 2.05 bits per heavy atom. The van der Waals surface area contributed by atoms with Crippen LogP contribution in [0.5, 0.6) is 11.5 Å². The molecule has 2 aliphatic rings. The van der Waals surface area contributed by atoms with Gasteiger partial charge in [0.05, 0.1) is 10.6 Å². The molecule has 0 radical (unpaired) electrons. The summed E-state index contributed by atoms with van der Waals surface area (Å²) in [6.45, 7) is 3.65. The highest BCUT2D eigenvalue weighted by Gasteiger charge is 2.42. The van der Waals surface area contributed by atoms with Crippen molar-refractivity contribution in [3.63, 3.8) is 0 Å². The molecule has 1 heterocycles. The van der Waals surface area contributed by atoms with Crippen molar-refractivity contribution >= 4 is 17.7 Å². The van der Waals surface area contributed by atoms with Crippen LogP contribution in [-0.2, 0) is 10.3 Å². The van der Waals surface area contributed by atoms with E-state index >= 15 is 0 Å². The summed E-state index contributed by atoms with van der Waals surface area (Å²) in [5.74, 6) is 0.450. The van der Waals surface area contributed by atoms with Crippen molar-refractivity contribution in [2.45, 2.75) is 44.4 Å². The predicted molar refractivity (Wildman–Crippen MR) is 70.4 cm³/mol. The van der Waals surface area contributed by atoms with Gasteiger partial charge in [-0.05, 0) is 37.0 Å². The molecular weight excluding hydrogens is 266 g/mol. The number of rotatable bonds is 2. The topological polar surface area (TPSA) is 47.9 Å². The van der Waals surface area contributed by atoms with Crippen molar-refractivity contribution in [2.75, 3.05) is 0 Å². The van der Waals surface area contributed by atoms with Crippen LogP contribution in [0.3, 0.4) is 0 Å². The first-order chi connectivity index (χ1) is 8.96. The summed E-state index contributed by atoms with van der Waals surface area (Å²) < 4.78 is 11.4. The second kappa shape index (κ2) is 3.99. The fourth-order valence-electron chi connectivity index (χ4n) is 2.61. The van der Waals surface area contributed by atoms with Crippen LogP contribution in [0, 0.1) is 0 Å². The smallest absolute Gasteiger partial charge is 0.246 e. The number of benzene rings is 1. The third-order valence-corrected chi connectivity index (χ3v) is 3.97. The molecule has 5 heteroatoms. The molecule has 0 amide bonds. The quantitative estimate of drug-likeness (QED) is 0.614. The highest BCUT2D eigenvalue weighted by molar-refractivity contribution is 6.32. The van der Waals surface area contributed by atoms with Crippen LogP contribution < -0.4 is 9.47 Å². The van der Waals surface area contributed by atoms with E-state index in [4.69, 9.17) is 21.1 Å². The first kappa shape index (κ1) is 12.5. The number of aliphatic imine (C=N–C) groups is 1. The van der Waals surface area contributed by atoms with E-state index in [1.165, 1.54) is 0 Å². The third kappa shape index (κ3) is 1.92. The zero-order valence-corrected chi connectivity index (χ0v) is 11.6. The van der Waals surface area contributed by atoms with E-state index in [0.717, 1.165) is 24.8 Å². The molecule has 1 aromatic rings. The van der Waals surface area contributed by atoms with Crippen LogP contribution in [0.4, 0.5) is 0 Å². The van der Waals surface area contributed by atoms with E-state index in [1.54, 1.807) is 6.08 Å². The van der Waals surface area contributed by atoms with Gasteiger partial charge in [0, 0.05) is 13.8 Å². The minimum Gasteiger partial charge on any atom is -0.449 e. The Balaban J connectivity index is 2.07. The minimum absolute atomic E-state index is 0.476. The van der Waals surface area contributed by atoms with Gasteiger partial charge >= 0.3 is 0 Å². The van der Waals surface area contributed by atoms with Crippen LogP contribution in [0.2, 0.25) is 5.02 Å². The first-order valence-corrected chi connectivity index (χ1v) is 6.65.